The molecule has 0 heterocycles. The summed E-state index contributed by atoms with van der Waals surface area (Å²) in [4.78, 5) is 11.5. The van der Waals surface area contributed by atoms with E-state index in [4.69, 9.17) is 11.6 Å². The minimum atomic E-state index is -0.326. The summed E-state index contributed by atoms with van der Waals surface area (Å²) >= 11 is 5.50. The van der Waals surface area contributed by atoms with Crippen molar-refractivity contribution in [2.75, 3.05) is 6.54 Å². The minimum absolute atomic E-state index is 0.205. The summed E-state index contributed by atoms with van der Waals surface area (Å²) in [5.74, 6) is -0.617. The summed E-state index contributed by atoms with van der Waals surface area (Å²) in [7, 11) is 0. The Morgan fingerprint density at radius 3 is 2.80 bits per heavy atom. The number of nitrogens with one attached hydrogen (secondary N) is 1. The van der Waals surface area contributed by atoms with E-state index in [9.17, 15) is 9.18 Å². The second-order valence-corrected chi connectivity index (χ2v) is 3.70. The average molecular weight is 228 g/mol. The lowest BCUT2D eigenvalue weighted by molar-refractivity contribution is 0.0957. The molecule has 2 nitrogen and oxygen atoms in total. The Morgan fingerprint density at radius 1 is 1.60 bits per heavy atom. The molecule has 15 heavy (non-hydrogen) atoms. The number of halogens is 2. The van der Waals surface area contributed by atoms with Crippen LogP contribution in [-0.4, -0.2) is 12.5 Å². The lowest BCUT2D eigenvalue weighted by atomic mass is 10.1. The van der Waals surface area contributed by atoms with E-state index in [0.29, 0.717) is 16.2 Å². The van der Waals surface area contributed by atoms with Gasteiger partial charge in [0.1, 0.15) is 5.82 Å². The molecule has 0 aliphatic rings. The van der Waals surface area contributed by atoms with E-state index >= 15 is 0 Å². The lowest BCUT2D eigenvalue weighted by Gasteiger charge is -2.04. The fourth-order valence-electron chi connectivity index (χ4n) is 1.06. The number of rotatable bonds is 3. The number of carbonyl (C=O) groups excluding carboxylic acids is 1. The van der Waals surface area contributed by atoms with E-state index in [0.717, 1.165) is 0 Å². The van der Waals surface area contributed by atoms with Gasteiger partial charge in [0.25, 0.3) is 5.91 Å². The van der Waals surface area contributed by atoms with Gasteiger partial charge in [-0.3, -0.25) is 4.79 Å². The number of hydrogen-bond donors (Lipinski definition) is 1. The molecule has 0 aliphatic heterocycles. The highest BCUT2D eigenvalue weighted by molar-refractivity contribution is 6.29. The predicted octanol–water partition coefficient (Wildman–Crippen LogP) is 2.62. The van der Waals surface area contributed by atoms with E-state index in [1.165, 1.54) is 18.2 Å². The van der Waals surface area contributed by atoms with Gasteiger partial charge in [0.15, 0.2) is 0 Å². The molecule has 1 aromatic rings. The van der Waals surface area contributed by atoms with Gasteiger partial charge in [0.2, 0.25) is 0 Å². The maximum atomic E-state index is 12.9. The van der Waals surface area contributed by atoms with Crippen LogP contribution in [0.5, 0.6) is 0 Å². The van der Waals surface area contributed by atoms with Gasteiger partial charge in [-0.2, -0.15) is 0 Å². The summed E-state index contributed by atoms with van der Waals surface area (Å²) in [5, 5.41) is 2.90. The first-order valence-electron chi connectivity index (χ1n) is 4.38. The maximum absolute atomic E-state index is 12.9. The van der Waals surface area contributed by atoms with Crippen LogP contribution in [0.1, 0.15) is 15.9 Å². The molecule has 0 fully saturated rings. The Balaban J connectivity index is 2.74. The molecular weight excluding hydrogens is 217 g/mol. The van der Waals surface area contributed by atoms with Crippen molar-refractivity contribution in [3.05, 3.63) is 46.8 Å². The van der Waals surface area contributed by atoms with E-state index < -0.39 is 0 Å². The first kappa shape index (κ1) is 11.7. The predicted molar refractivity (Wildman–Crippen MR) is 58.5 cm³/mol. The van der Waals surface area contributed by atoms with E-state index in [-0.39, 0.29) is 18.3 Å². The normalized spacial score (nSPS) is 9.80. The van der Waals surface area contributed by atoms with Gasteiger partial charge in [-0.15, -0.1) is 0 Å². The van der Waals surface area contributed by atoms with Crippen molar-refractivity contribution in [1.29, 1.82) is 0 Å². The second kappa shape index (κ2) is 4.94. The molecule has 0 radical (unpaired) electrons. The molecule has 0 saturated heterocycles. The molecule has 4 heteroatoms. The Labute approximate surface area is 92.7 Å². The van der Waals surface area contributed by atoms with Crippen molar-refractivity contribution in [2.24, 2.45) is 0 Å². The van der Waals surface area contributed by atoms with E-state index in [1.54, 1.807) is 6.92 Å². The quantitative estimate of drug-likeness (QED) is 0.845. The van der Waals surface area contributed by atoms with Crippen LogP contribution in [0, 0.1) is 12.7 Å². The molecule has 0 unspecified atom stereocenters. The number of hydrogen-bond acceptors (Lipinski definition) is 1. The highest BCUT2D eigenvalue weighted by Gasteiger charge is 2.06. The maximum Gasteiger partial charge on any atom is 0.251 e. The smallest absolute Gasteiger partial charge is 0.251 e. The lowest BCUT2D eigenvalue weighted by Crippen LogP contribution is -2.24. The molecule has 0 saturated carbocycles. The molecule has 1 N–H and O–H groups in total. The molecular formula is C11H11ClFNO. The SMILES string of the molecule is C=C(Cl)CNC(=O)c1ccc(F)c(C)c1. The van der Waals surface area contributed by atoms with Gasteiger partial charge in [-0.05, 0) is 30.7 Å². The Kier molecular flexibility index (Phi) is 3.86. The van der Waals surface area contributed by atoms with Gasteiger partial charge < -0.3 is 5.32 Å². The van der Waals surface area contributed by atoms with Gasteiger partial charge >= 0.3 is 0 Å². The molecule has 0 spiro atoms. The minimum Gasteiger partial charge on any atom is -0.347 e. The highest BCUT2D eigenvalue weighted by atomic mass is 35.5. The molecule has 0 atom stereocenters. The molecule has 1 rings (SSSR count). The molecule has 1 aromatic carbocycles. The van der Waals surface area contributed by atoms with Crippen LogP contribution in [0.25, 0.3) is 0 Å². The van der Waals surface area contributed by atoms with Crippen molar-refractivity contribution >= 4 is 17.5 Å². The molecule has 1 amide bonds. The van der Waals surface area contributed by atoms with Crippen molar-refractivity contribution < 1.29 is 9.18 Å². The van der Waals surface area contributed by atoms with Crippen LogP contribution in [0.2, 0.25) is 0 Å². The third kappa shape index (κ3) is 3.36. The summed E-state index contributed by atoms with van der Waals surface area (Å²) < 4.78 is 12.9. The van der Waals surface area contributed by atoms with Crippen LogP contribution in [0.15, 0.2) is 29.8 Å². The summed E-state index contributed by atoms with van der Waals surface area (Å²) in [6.07, 6.45) is 0. The summed E-state index contributed by atoms with van der Waals surface area (Å²) in [5.41, 5.74) is 0.846. The highest BCUT2D eigenvalue weighted by Crippen LogP contribution is 2.09. The molecule has 0 aliphatic carbocycles. The van der Waals surface area contributed by atoms with Crippen molar-refractivity contribution in [3.63, 3.8) is 0 Å². The average Bonchev–Trinajstić information content (AvgIpc) is 2.18. The third-order valence-corrected chi connectivity index (χ3v) is 1.99. The summed E-state index contributed by atoms with van der Waals surface area (Å²) in [6, 6.07) is 4.18. The molecule has 0 bridgehead atoms. The van der Waals surface area contributed by atoms with Crippen molar-refractivity contribution in [2.45, 2.75) is 6.92 Å². The summed E-state index contributed by atoms with van der Waals surface area (Å²) in [6.45, 7) is 5.25. The first-order chi connectivity index (χ1) is 7.00. The van der Waals surface area contributed by atoms with Gasteiger partial charge in [0.05, 0.1) is 6.54 Å². The Morgan fingerprint density at radius 2 is 2.27 bits per heavy atom. The van der Waals surface area contributed by atoms with E-state index in [2.05, 4.69) is 11.9 Å². The standard InChI is InChI=1S/C11H11ClFNO/c1-7-5-9(3-4-10(7)13)11(15)14-6-8(2)12/h3-5H,2,6H2,1H3,(H,14,15). The zero-order valence-corrected chi connectivity index (χ0v) is 9.07. The van der Waals surface area contributed by atoms with Crippen LogP contribution >= 0.6 is 11.6 Å². The largest absolute Gasteiger partial charge is 0.347 e. The zero-order valence-electron chi connectivity index (χ0n) is 8.31. The number of carbonyl (C=O) groups is 1. The first-order valence-corrected chi connectivity index (χ1v) is 4.76. The second-order valence-electron chi connectivity index (χ2n) is 3.16. The Bertz CT molecular complexity index is 404. The fraction of sp³-hybridized carbons (Fsp3) is 0.182. The van der Waals surface area contributed by atoms with Crippen LogP contribution in [0.3, 0.4) is 0 Å². The molecule has 80 valence electrons. The van der Waals surface area contributed by atoms with E-state index in [1.807, 2.05) is 0 Å². The van der Waals surface area contributed by atoms with Crippen LogP contribution < -0.4 is 5.32 Å². The number of amides is 1. The monoisotopic (exact) mass is 227 g/mol. The van der Waals surface area contributed by atoms with Crippen molar-refractivity contribution in [1.82, 2.24) is 5.32 Å². The number of aryl methyl sites for hydroxylation is 1. The number of benzene rings is 1. The van der Waals surface area contributed by atoms with Crippen LogP contribution in [-0.2, 0) is 0 Å². The topological polar surface area (TPSA) is 29.1 Å². The van der Waals surface area contributed by atoms with Crippen LogP contribution in [0.4, 0.5) is 4.39 Å². The van der Waals surface area contributed by atoms with Gasteiger partial charge in [0, 0.05) is 10.6 Å². The zero-order chi connectivity index (χ0) is 11.4. The third-order valence-electron chi connectivity index (χ3n) is 1.86. The van der Waals surface area contributed by atoms with Gasteiger partial charge in [-0.1, -0.05) is 18.2 Å². The van der Waals surface area contributed by atoms with Gasteiger partial charge in [-0.25, -0.2) is 4.39 Å². The fourth-order valence-corrected chi connectivity index (χ4v) is 1.13. The van der Waals surface area contributed by atoms with Crippen molar-refractivity contribution in [3.8, 4) is 0 Å². The Hall–Kier alpha value is -1.35. The molecule has 0 aromatic heterocycles.